The fourth-order valence-electron chi connectivity index (χ4n) is 2.54. The van der Waals surface area contributed by atoms with Gasteiger partial charge in [-0.05, 0) is 35.4 Å². The average Bonchev–Trinajstić information content (AvgIpc) is 3.01. The van der Waals surface area contributed by atoms with Crippen molar-refractivity contribution in [3.8, 4) is 0 Å². The van der Waals surface area contributed by atoms with Crippen molar-refractivity contribution >= 4 is 26.7 Å². The molecule has 0 saturated carbocycles. The number of benzene rings is 2. The lowest BCUT2D eigenvalue weighted by molar-refractivity contribution is 0.0474. The minimum Gasteiger partial charge on any atom is -0.457 e. The maximum atomic E-state index is 12.1. The molecule has 24 heavy (non-hydrogen) atoms. The zero-order valence-electron chi connectivity index (χ0n) is 13.2. The molecule has 2 aromatic carbocycles. The minimum absolute atomic E-state index is 0.0438. The lowest BCUT2D eigenvalue weighted by Crippen LogP contribution is -2.06. The number of carbonyl (C=O) groups excluding carboxylic acids is 1. The highest BCUT2D eigenvalue weighted by Gasteiger charge is 2.10. The van der Waals surface area contributed by atoms with Crippen LogP contribution in [-0.2, 0) is 26.9 Å². The van der Waals surface area contributed by atoms with Gasteiger partial charge in [0.15, 0.2) is 9.84 Å². The molecule has 0 aliphatic carbocycles. The Hall–Kier alpha value is -2.60. The van der Waals surface area contributed by atoms with Gasteiger partial charge in [0.25, 0.3) is 0 Å². The fourth-order valence-corrected chi connectivity index (χ4v) is 3.34. The summed E-state index contributed by atoms with van der Waals surface area (Å²) in [5.41, 5.74) is 2.96. The van der Waals surface area contributed by atoms with E-state index in [1.54, 1.807) is 24.3 Å². The van der Waals surface area contributed by atoms with Gasteiger partial charge in [-0.2, -0.15) is 0 Å². The number of sulfone groups is 1. The third-order valence-corrected chi connectivity index (χ3v) is 4.52. The molecule has 3 rings (SSSR count). The summed E-state index contributed by atoms with van der Waals surface area (Å²) in [4.78, 5) is 15.3. The zero-order chi connectivity index (χ0) is 17.2. The quantitative estimate of drug-likeness (QED) is 0.722. The molecular formula is C18H17NO4S. The molecular weight excluding hydrogens is 326 g/mol. The average molecular weight is 343 g/mol. The highest BCUT2D eigenvalue weighted by atomic mass is 32.2. The summed E-state index contributed by atoms with van der Waals surface area (Å²) in [5.74, 6) is -0.480. The highest BCUT2D eigenvalue weighted by Crippen LogP contribution is 2.19. The molecule has 6 heteroatoms. The van der Waals surface area contributed by atoms with E-state index in [9.17, 15) is 13.2 Å². The van der Waals surface area contributed by atoms with Gasteiger partial charge in [-0.1, -0.05) is 24.3 Å². The molecule has 0 fully saturated rings. The van der Waals surface area contributed by atoms with Crippen LogP contribution in [0.5, 0.6) is 0 Å². The van der Waals surface area contributed by atoms with Crippen LogP contribution in [0.3, 0.4) is 0 Å². The van der Waals surface area contributed by atoms with Crippen LogP contribution in [0.15, 0.2) is 54.7 Å². The second-order valence-corrected chi connectivity index (χ2v) is 7.84. The van der Waals surface area contributed by atoms with Gasteiger partial charge in [-0.3, -0.25) is 0 Å². The molecule has 0 atom stereocenters. The van der Waals surface area contributed by atoms with E-state index in [0.29, 0.717) is 11.1 Å². The van der Waals surface area contributed by atoms with E-state index in [-0.39, 0.29) is 12.4 Å². The van der Waals surface area contributed by atoms with Crippen LogP contribution in [0.1, 0.15) is 21.5 Å². The van der Waals surface area contributed by atoms with E-state index in [0.717, 1.165) is 16.5 Å². The van der Waals surface area contributed by atoms with Gasteiger partial charge < -0.3 is 9.72 Å². The Morgan fingerprint density at radius 2 is 1.83 bits per heavy atom. The predicted molar refractivity (Wildman–Crippen MR) is 92.4 cm³/mol. The van der Waals surface area contributed by atoms with E-state index >= 15 is 0 Å². The zero-order valence-corrected chi connectivity index (χ0v) is 14.0. The van der Waals surface area contributed by atoms with E-state index in [4.69, 9.17) is 4.74 Å². The Balaban J connectivity index is 1.68. The first-order valence-corrected chi connectivity index (χ1v) is 9.47. The molecule has 0 saturated heterocycles. The molecule has 1 N–H and O–H groups in total. The van der Waals surface area contributed by atoms with Crippen LogP contribution >= 0.6 is 0 Å². The van der Waals surface area contributed by atoms with Gasteiger partial charge in [-0.15, -0.1) is 0 Å². The largest absolute Gasteiger partial charge is 0.457 e. The lowest BCUT2D eigenvalue weighted by atomic mass is 10.1. The number of esters is 1. The molecule has 0 amide bonds. The number of hydrogen-bond acceptors (Lipinski definition) is 4. The van der Waals surface area contributed by atoms with Gasteiger partial charge in [0.05, 0.1) is 11.3 Å². The summed E-state index contributed by atoms with van der Waals surface area (Å²) in [7, 11) is -3.09. The van der Waals surface area contributed by atoms with Crippen molar-refractivity contribution in [1.82, 2.24) is 4.98 Å². The molecule has 0 aliphatic heterocycles. The van der Waals surface area contributed by atoms with Crippen molar-refractivity contribution in [2.45, 2.75) is 12.4 Å². The van der Waals surface area contributed by atoms with Crippen LogP contribution in [-0.4, -0.2) is 25.6 Å². The molecule has 0 spiro atoms. The van der Waals surface area contributed by atoms with Gasteiger partial charge >= 0.3 is 5.97 Å². The van der Waals surface area contributed by atoms with Gasteiger partial charge in [0.2, 0.25) is 0 Å². The Labute approximate surface area is 140 Å². The third-order valence-electron chi connectivity index (χ3n) is 3.66. The van der Waals surface area contributed by atoms with Crippen LogP contribution in [0.2, 0.25) is 0 Å². The molecule has 5 nitrogen and oxygen atoms in total. The Bertz CT molecular complexity index is 972. The minimum atomic E-state index is -3.09. The van der Waals surface area contributed by atoms with E-state index in [1.165, 1.54) is 6.26 Å². The molecule has 0 bridgehead atoms. The summed E-state index contributed by atoms with van der Waals surface area (Å²) in [6.45, 7) is 0.180. The number of H-pyrrole nitrogens is 1. The second kappa shape index (κ2) is 6.49. The SMILES string of the molecule is CS(=O)(=O)Cc1ccc(C(=O)OCc2cccc3[nH]ccc23)cc1. The third kappa shape index (κ3) is 3.83. The number of aromatic nitrogens is 1. The van der Waals surface area contributed by atoms with Crippen LogP contribution in [0.25, 0.3) is 10.9 Å². The van der Waals surface area contributed by atoms with Crippen LogP contribution in [0, 0.1) is 0 Å². The molecule has 1 heterocycles. The van der Waals surface area contributed by atoms with Crippen LogP contribution < -0.4 is 0 Å². The fraction of sp³-hybridized carbons (Fsp3) is 0.167. The van der Waals surface area contributed by atoms with Crippen LogP contribution in [0.4, 0.5) is 0 Å². The molecule has 3 aromatic rings. The first-order valence-electron chi connectivity index (χ1n) is 7.41. The molecule has 0 radical (unpaired) electrons. The number of ether oxygens (including phenoxy) is 1. The summed E-state index contributed by atoms with van der Waals surface area (Å²) in [5, 5.41) is 1.02. The van der Waals surface area contributed by atoms with Crippen molar-refractivity contribution in [3.05, 3.63) is 71.4 Å². The first kappa shape index (κ1) is 16.3. The number of carbonyl (C=O) groups is 1. The van der Waals surface area contributed by atoms with Crippen molar-refractivity contribution in [2.75, 3.05) is 6.26 Å². The topological polar surface area (TPSA) is 76.2 Å². The van der Waals surface area contributed by atoms with Gasteiger partial charge in [-0.25, -0.2) is 13.2 Å². The molecule has 1 aromatic heterocycles. The standard InChI is InChI=1S/C18H17NO4S/c1-24(21,22)12-13-5-7-14(8-6-13)18(20)23-11-15-3-2-4-17-16(15)9-10-19-17/h2-10,19H,11-12H2,1H3. The smallest absolute Gasteiger partial charge is 0.338 e. The molecule has 124 valence electrons. The second-order valence-electron chi connectivity index (χ2n) is 5.70. The first-order chi connectivity index (χ1) is 11.4. The van der Waals surface area contributed by atoms with Crippen molar-refractivity contribution in [2.24, 2.45) is 0 Å². The van der Waals surface area contributed by atoms with Crippen molar-refractivity contribution in [3.63, 3.8) is 0 Å². The highest BCUT2D eigenvalue weighted by molar-refractivity contribution is 7.89. The van der Waals surface area contributed by atoms with E-state index in [2.05, 4.69) is 4.98 Å². The van der Waals surface area contributed by atoms with Gasteiger partial charge in [0.1, 0.15) is 6.61 Å². The normalized spacial score (nSPS) is 11.5. The lowest BCUT2D eigenvalue weighted by Gasteiger charge is -2.07. The number of fused-ring (bicyclic) bond motifs is 1. The van der Waals surface area contributed by atoms with Crippen molar-refractivity contribution in [1.29, 1.82) is 0 Å². The monoisotopic (exact) mass is 343 g/mol. The van der Waals surface area contributed by atoms with E-state index < -0.39 is 15.8 Å². The van der Waals surface area contributed by atoms with E-state index in [1.807, 2.05) is 30.5 Å². The Morgan fingerprint density at radius 1 is 1.08 bits per heavy atom. The Morgan fingerprint density at radius 3 is 2.54 bits per heavy atom. The Kier molecular flexibility index (Phi) is 4.40. The summed E-state index contributed by atoms with van der Waals surface area (Å²) >= 11 is 0. The number of rotatable bonds is 5. The predicted octanol–water partition coefficient (Wildman–Crippen LogP) is 3.07. The maximum absolute atomic E-state index is 12.1. The molecule has 0 unspecified atom stereocenters. The number of nitrogens with one attached hydrogen (secondary N) is 1. The molecule has 0 aliphatic rings. The number of hydrogen-bond donors (Lipinski definition) is 1. The van der Waals surface area contributed by atoms with Crippen molar-refractivity contribution < 1.29 is 17.9 Å². The van der Waals surface area contributed by atoms with Gasteiger partial charge in [0, 0.05) is 23.4 Å². The number of aromatic amines is 1. The summed E-state index contributed by atoms with van der Waals surface area (Å²) < 4.78 is 27.9. The summed E-state index contributed by atoms with van der Waals surface area (Å²) in [6, 6.07) is 14.1. The summed E-state index contributed by atoms with van der Waals surface area (Å²) in [6.07, 6.45) is 3.02. The maximum Gasteiger partial charge on any atom is 0.338 e.